The molecular weight excluding hydrogens is 346 g/mol. The minimum absolute atomic E-state index is 0.0897. The number of amides is 1. The molecule has 1 amide bonds. The Balaban J connectivity index is 3.66. The van der Waals surface area contributed by atoms with Crippen LogP contribution in [0.3, 0.4) is 0 Å². The molecule has 27 heavy (non-hydrogen) atoms. The summed E-state index contributed by atoms with van der Waals surface area (Å²) in [4.78, 5) is 33.4. The van der Waals surface area contributed by atoms with Gasteiger partial charge in [-0.1, -0.05) is 51.2 Å². The first kappa shape index (κ1) is 25.1. The standard InChI is InChI=1S/C21H37NO5/c1-2-3-4-5-6-7-8-9-10-11-12-13-16-19(23)22-18(21(26)27)15-14-17-20(24)25/h6-7,18H,2-5,8-17H2,1H3,(H,22,23)(H,24,25)(H,26,27)/b7-6-/t18-/m1/s1. The van der Waals surface area contributed by atoms with Crippen molar-refractivity contribution in [1.82, 2.24) is 5.32 Å². The third-order valence-corrected chi connectivity index (χ3v) is 4.43. The van der Waals surface area contributed by atoms with Crippen molar-refractivity contribution in [2.24, 2.45) is 0 Å². The van der Waals surface area contributed by atoms with Crippen LogP contribution in [0.5, 0.6) is 0 Å². The monoisotopic (exact) mass is 383 g/mol. The average molecular weight is 384 g/mol. The number of carboxylic acids is 2. The molecule has 0 aliphatic carbocycles. The highest BCUT2D eigenvalue weighted by Gasteiger charge is 2.19. The Kier molecular flexibility index (Phi) is 16.4. The molecule has 0 fully saturated rings. The normalized spacial score (nSPS) is 12.2. The van der Waals surface area contributed by atoms with Gasteiger partial charge in [-0.3, -0.25) is 9.59 Å². The number of nitrogens with one attached hydrogen (secondary N) is 1. The third kappa shape index (κ3) is 17.3. The fourth-order valence-electron chi connectivity index (χ4n) is 2.81. The van der Waals surface area contributed by atoms with E-state index in [1.165, 1.54) is 32.1 Å². The Morgan fingerprint density at radius 1 is 0.815 bits per heavy atom. The van der Waals surface area contributed by atoms with Crippen LogP contribution in [0, 0.1) is 0 Å². The molecule has 0 saturated heterocycles. The second kappa shape index (κ2) is 17.6. The van der Waals surface area contributed by atoms with Crippen molar-refractivity contribution in [3.05, 3.63) is 12.2 Å². The lowest BCUT2D eigenvalue weighted by molar-refractivity contribution is -0.142. The number of hydrogen-bond donors (Lipinski definition) is 3. The van der Waals surface area contributed by atoms with Gasteiger partial charge in [0.25, 0.3) is 0 Å². The van der Waals surface area contributed by atoms with Crippen molar-refractivity contribution >= 4 is 17.8 Å². The third-order valence-electron chi connectivity index (χ3n) is 4.43. The first-order chi connectivity index (χ1) is 13.0. The molecule has 156 valence electrons. The number of carboxylic acid groups (broad SMARTS) is 2. The maximum Gasteiger partial charge on any atom is 0.326 e. The van der Waals surface area contributed by atoms with E-state index < -0.39 is 18.0 Å². The maximum atomic E-state index is 11.8. The van der Waals surface area contributed by atoms with E-state index in [9.17, 15) is 14.4 Å². The van der Waals surface area contributed by atoms with Gasteiger partial charge in [0.1, 0.15) is 6.04 Å². The molecule has 0 spiro atoms. The highest BCUT2D eigenvalue weighted by molar-refractivity contribution is 5.83. The van der Waals surface area contributed by atoms with Gasteiger partial charge in [-0.25, -0.2) is 4.79 Å². The molecule has 0 saturated carbocycles. The molecule has 0 aromatic rings. The zero-order chi connectivity index (χ0) is 20.3. The van der Waals surface area contributed by atoms with Gasteiger partial charge in [0.05, 0.1) is 0 Å². The van der Waals surface area contributed by atoms with E-state index >= 15 is 0 Å². The first-order valence-electron chi connectivity index (χ1n) is 10.4. The van der Waals surface area contributed by atoms with Crippen LogP contribution in [-0.4, -0.2) is 34.1 Å². The van der Waals surface area contributed by atoms with Crippen LogP contribution < -0.4 is 5.32 Å². The lowest BCUT2D eigenvalue weighted by Gasteiger charge is -2.14. The summed E-state index contributed by atoms with van der Waals surface area (Å²) in [6.45, 7) is 2.21. The van der Waals surface area contributed by atoms with E-state index in [2.05, 4.69) is 24.4 Å². The van der Waals surface area contributed by atoms with Crippen LogP contribution in [0.25, 0.3) is 0 Å². The van der Waals surface area contributed by atoms with Crippen LogP contribution in [0.1, 0.15) is 96.8 Å². The number of aliphatic carboxylic acids is 2. The van der Waals surface area contributed by atoms with Gasteiger partial charge in [-0.05, 0) is 44.9 Å². The number of carbonyl (C=O) groups excluding carboxylic acids is 1. The van der Waals surface area contributed by atoms with Crippen LogP contribution in [0.15, 0.2) is 12.2 Å². The summed E-state index contributed by atoms with van der Waals surface area (Å²) in [6.07, 6.45) is 16.4. The van der Waals surface area contributed by atoms with Crippen molar-refractivity contribution in [2.75, 3.05) is 0 Å². The summed E-state index contributed by atoms with van der Waals surface area (Å²) >= 11 is 0. The summed E-state index contributed by atoms with van der Waals surface area (Å²) < 4.78 is 0. The molecule has 0 unspecified atom stereocenters. The number of hydrogen-bond acceptors (Lipinski definition) is 3. The van der Waals surface area contributed by atoms with Gasteiger partial charge in [0.2, 0.25) is 5.91 Å². The molecule has 6 nitrogen and oxygen atoms in total. The van der Waals surface area contributed by atoms with Gasteiger partial charge in [-0.2, -0.15) is 0 Å². The molecule has 0 heterocycles. The fourth-order valence-corrected chi connectivity index (χ4v) is 2.81. The van der Waals surface area contributed by atoms with Gasteiger partial charge in [-0.15, -0.1) is 0 Å². The predicted molar refractivity (Wildman–Crippen MR) is 107 cm³/mol. The Morgan fingerprint density at radius 2 is 1.41 bits per heavy atom. The highest BCUT2D eigenvalue weighted by atomic mass is 16.4. The van der Waals surface area contributed by atoms with Crippen molar-refractivity contribution < 1.29 is 24.6 Å². The SMILES string of the molecule is CCCCC/C=C\CCCCCCCC(=O)N[C@H](CCCC(=O)O)C(=O)O. The van der Waals surface area contributed by atoms with E-state index in [-0.39, 0.29) is 25.2 Å². The Hall–Kier alpha value is -1.85. The molecule has 0 radical (unpaired) electrons. The average Bonchev–Trinajstić information content (AvgIpc) is 2.61. The van der Waals surface area contributed by atoms with Gasteiger partial charge >= 0.3 is 11.9 Å². The minimum atomic E-state index is -1.11. The maximum absolute atomic E-state index is 11.8. The van der Waals surface area contributed by atoms with Crippen molar-refractivity contribution in [2.45, 2.75) is 103 Å². The second-order valence-corrected chi connectivity index (χ2v) is 7.02. The zero-order valence-corrected chi connectivity index (χ0v) is 16.8. The summed E-state index contributed by atoms with van der Waals surface area (Å²) in [5, 5.41) is 20.2. The van der Waals surface area contributed by atoms with Crippen LogP contribution in [0.2, 0.25) is 0 Å². The lowest BCUT2D eigenvalue weighted by atomic mass is 10.1. The van der Waals surface area contributed by atoms with E-state index in [4.69, 9.17) is 10.2 Å². The predicted octanol–water partition coefficient (Wildman–Crippen LogP) is 4.68. The summed E-state index contributed by atoms with van der Waals surface area (Å²) in [7, 11) is 0. The van der Waals surface area contributed by atoms with Crippen molar-refractivity contribution in [3.8, 4) is 0 Å². The molecular formula is C21H37NO5. The molecule has 1 atom stereocenters. The quantitative estimate of drug-likeness (QED) is 0.235. The summed E-state index contributed by atoms with van der Waals surface area (Å²) in [5.74, 6) is -2.35. The number of rotatable bonds is 18. The van der Waals surface area contributed by atoms with E-state index in [1.807, 2.05) is 0 Å². The number of carbonyl (C=O) groups is 3. The second-order valence-electron chi connectivity index (χ2n) is 7.02. The fraction of sp³-hybridized carbons (Fsp3) is 0.762. The summed E-state index contributed by atoms with van der Waals surface area (Å²) in [6, 6.07) is -0.999. The van der Waals surface area contributed by atoms with Gasteiger partial charge in [0.15, 0.2) is 0 Å². The van der Waals surface area contributed by atoms with Gasteiger partial charge < -0.3 is 15.5 Å². The Bertz CT molecular complexity index is 448. The number of unbranched alkanes of at least 4 members (excludes halogenated alkanes) is 8. The molecule has 0 rings (SSSR count). The van der Waals surface area contributed by atoms with Crippen molar-refractivity contribution in [1.29, 1.82) is 0 Å². The van der Waals surface area contributed by atoms with Crippen molar-refractivity contribution in [3.63, 3.8) is 0 Å². The number of allylic oxidation sites excluding steroid dienone is 2. The molecule has 3 N–H and O–H groups in total. The lowest BCUT2D eigenvalue weighted by Crippen LogP contribution is -2.40. The topological polar surface area (TPSA) is 104 Å². The molecule has 0 aliphatic heterocycles. The van der Waals surface area contributed by atoms with E-state index in [0.717, 1.165) is 32.1 Å². The first-order valence-corrected chi connectivity index (χ1v) is 10.4. The molecule has 0 bridgehead atoms. The molecule has 0 aliphatic rings. The zero-order valence-electron chi connectivity index (χ0n) is 16.8. The summed E-state index contributed by atoms with van der Waals surface area (Å²) in [5.41, 5.74) is 0. The van der Waals surface area contributed by atoms with Gasteiger partial charge in [0, 0.05) is 12.8 Å². The largest absolute Gasteiger partial charge is 0.481 e. The highest BCUT2D eigenvalue weighted by Crippen LogP contribution is 2.09. The van der Waals surface area contributed by atoms with Crippen LogP contribution in [-0.2, 0) is 14.4 Å². The smallest absolute Gasteiger partial charge is 0.326 e. The molecule has 0 aromatic heterocycles. The Labute approximate surface area is 163 Å². The van der Waals surface area contributed by atoms with E-state index in [1.54, 1.807) is 0 Å². The van der Waals surface area contributed by atoms with E-state index in [0.29, 0.717) is 6.42 Å². The minimum Gasteiger partial charge on any atom is -0.481 e. The molecule has 6 heteroatoms. The van der Waals surface area contributed by atoms with Crippen LogP contribution in [0.4, 0.5) is 0 Å². The Morgan fingerprint density at radius 3 is 2.00 bits per heavy atom. The van der Waals surface area contributed by atoms with Crippen LogP contribution >= 0.6 is 0 Å². The molecule has 0 aromatic carbocycles.